The topological polar surface area (TPSA) is 29.5 Å². The molecule has 1 amide bonds. The molecule has 1 atom stereocenters. The highest BCUT2D eigenvalue weighted by Crippen LogP contribution is 2.26. The summed E-state index contributed by atoms with van der Waals surface area (Å²) in [6.45, 7) is 5.78. The highest BCUT2D eigenvalue weighted by atomic mass is 16.5. The Labute approximate surface area is 109 Å². The smallest absolute Gasteiger partial charge is 0.248 e. The molecule has 0 bridgehead atoms. The zero-order valence-corrected chi connectivity index (χ0v) is 11.1. The van der Waals surface area contributed by atoms with Crippen molar-refractivity contribution in [3.63, 3.8) is 0 Å². The largest absolute Gasteiger partial charge is 0.369 e. The molecule has 18 heavy (non-hydrogen) atoms. The first-order valence-electron chi connectivity index (χ1n) is 6.61. The number of hydrogen-bond donors (Lipinski definition) is 0. The van der Waals surface area contributed by atoms with E-state index in [2.05, 4.69) is 24.3 Å². The van der Waals surface area contributed by atoms with Crippen molar-refractivity contribution in [3.05, 3.63) is 35.9 Å². The lowest BCUT2D eigenvalue weighted by Gasteiger charge is -2.17. The Morgan fingerprint density at radius 2 is 2.11 bits per heavy atom. The summed E-state index contributed by atoms with van der Waals surface area (Å²) in [6, 6.07) is 10.4. The van der Waals surface area contributed by atoms with Crippen LogP contribution in [0.3, 0.4) is 0 Å². The van der Waals surface area contributed by atoms with Gasteiger partial charge in [0.2, 0.25) is 5.91 Å². The molecule has 2 rings (SSSR count). The van der Waals surface area contributed by atoms with Gasteiger partial charge in [0, 0.05) is 19.0 Å². The third kappa shape index (κ3) is 3.33. The van der Waals surface area contributed by atoms with Gasteiger partial charge in [0.15, 0.2) is 0 Å². The Balaban J connectivity index is 1.87. The SMILES string of the molecule is CC(C)OCC(=O)N1CCC(c2ccccc2)C1. The van der Waals surface area contributed by atoms with E-state index in [0.29, 0.717) is 5.92 Å². The van der Waals surface area contributed by atoms with Gasteiger partial charge in [0.1, 0.15) is 6.61 Å². The van der Waals surface area contributed by atoms with Crippen molar-refractivity contribution in [3.8, 4) is 0 Å². The summed E-state index contributed by atoms with van der Waals surface area (Å²) in [7, 11) is 0. The van der Waals surface area contributed by atoms with Crippen LogP contribution in [0.4, 0.5) is 0 Å². The number of rotatable bonds is 4. The van der Waals surface area contributed by atoms with Gasteiger partial charge < -0.3 is 9.64 Å². The van der Waals surface area contributed by atoms with Gasteiger partial charge in [-0.25, -0.2) is 0 Å². The van der Waals surface area contributed by atoms with Crippen molar-refractivity contribution in [1.82, 2.24) is 4.90 Å². The molecule has 0 N–H and O–H groups in total. The molecule has 1 saturated heterocycles. The third-order valence-electron chi connectivity index (χ3n) is 3.35. The van der Waals surface area contributed by atoms with E-state index in [0.717, 1.165) is 19.5 Å². The maximum absolute atomic E-state index is 11.9. The Hall–Kier alpha value is -1.35. The van der Waals surface area contributed by atoms with Gasteiger partial charge in [-0.15, -0.1) is 0 Å². The lowest BCUT2D eigenvalue weighted by molar-refractivity contribution is -0.136. The van der Waals surface area contributed by atoms with Gasteiger partial charge in [0.25, 0.3) is 0 Å². The minimum absolute atomic E-state index is 0.112. The van der Waals surface area contributed by atoms with Crippen molar-refractivity contribution in [2.24, 2.45) is 0 Å². The number of benzene rings is 1. The zero-order chi connectivity index (χ0) is 13.0. The lowest BCUT2D eigenvalue weighted by Crippen LogP contribution is -2.32. The maximum atomic E-state index is 11.9. The standard InChI is InChI=1S/C15H21NO2/c1-12(2)18-11-15(17)16-9-8-14(10-16)13-6-4-3-5-7-13/h3-7,12,14H,8-11H2,1-2H3. The van der Waals surface area contributed by atoms with E-state index in [4.69, 9.17) is 4.74 Å². The summed E-state index contributed by atoms with van der Waals surface area (Å²) in [5.74, 6) is 0.594. The van der Waals surface area contributed by atoms with Crippen LogP contribution in [0.5, 0.6) is 0 Å². The highest BCUT2D eigenvalue weighted by Gasteiger charge is 2.27. The predicted molar refractivity (Wildman–Crippen MR) is 71.5 cm³/mol. The number of amides is 1. The summed E-state index contributed by atoms with van der Waals surface area (Å²) in [6.07, 6.45) is 1.17. The monoisotopic (exact) mass is 247 g/mol. The fraction of sp³-hybridized carbons (Fsp3) is 0.533. The number of carbonyl (C=O) groups is 1. The third-order valence-corrected chi connectivity index (χ3v) is 3.35. The molecule has 1 fully saturated rings. The Kier molecular flexibility index (Phi) is 4.37. The van der Waals surface area contributed by atoms with Crippen molar-refractivity contribution >= 4 is 5.91 Å². The van der Waals surface area contributed by atoms with Gasteiger partial charge in [-0.05, 0) is 25.8 Å². The molecule has 0 saturated carbocycles. The van der Waals surface area contributed by atoms with E-state index in [1.54, 1.807) is 0 Å². The zero-order valence-electron chi connectivity index (χ0n) is 11.1. The fourth-order valence-electron chi connectivity index (χ4n) is 2.31. The molecule has 3 nitrogen and oxygen atoms in total. The molecule has 1 aliphatic heterocycles. The normalized spacial score (nSPS) is 19.5. The van der Waals surface area contributed by atoms with Crippen molar-refractivity contribution in [2.75, 3.05) is 19.7 Å². The van der Waals surface area contributed by atoms with Crippen molar-refractivity contribution < 1.29 is 9.53 Å². The summed E-state index contributed by atoms with van der Waals surface area (Å²) in [5.41, 5.74) is 1.33. The second-order valence-corrected chi connectivity index (χ2v) is 5.10. The molecule has 1 aromatic rings. The van der Waals surface area contributed by atoms with E-state index in [9.17, 15) is 4.79 Å². The first kappa shape index (κ1) is 13.1. The van der Waals surface area contributed by atoms with Crippen molar-refractivity contribution in [1.29, 1.82) is 0 Å². The number of nitrogens with zero attached hydrogens (tertiary/aromatic N) is 1. The van der Waals surface area contributed by atoms with E-state index in [-0.39, 0.29) is 18.6 Å². The van der Waals surface area contributed by atoms with Crippen LogP contribution in [0.1, 0.15) is 31.7 Å². The summed E-state index contributed by atoms with van der Waals surface area (Å²) < 4.78 is 5.37. The molecule has 1 aromatic carbocycles. The molecule has 1 heterocycles. The van der Waals surface area contributed by atoms with Crippen LogP contribution >= 0.6 is 0 Å². The summed E-state index contributed by atoms with van der Waals surface area (Å²) >= 11 is 0. The average Bonchev–Trinajstić information content (AvgIpc) is 2.86. The molecule has 1 unspecified atom stereocenters. The fourth-order valence-corrected chi connectivity index (χ4v) is 2.31. The van der Waals surface area contributed by atoms with E-state index < -0.39 is 0 Å². The van der Waals surface area contributed by atoms with Crippen LogP contribution in [-0.2, 0) is 9.53 Å². The Bertz CT molecular complexity index is 389. The Morgan fingerprint density at radius 3 is 2.78 bits per heavy atom. The molecule has 1 aliphatic rings. The van der Waals surface area contributed by atoms with Crippen LogP contribution in [0.25, 0.3) is 0 Å². The number of carbonyl (C=O) groups excluding carboxylic acids is 1. The molecule has 3 heteroatoms. The number of hydrogen-bond acceptors (Lipinski definition) is 2. The van der Waals surface area contributed by atoms with Crippen LogP contribution in [0.2, 0.25) is 0 Å². The average molecular weight is 247 g/mol. The predicted octanol–water partition coefficient (Wildman–Crippen LogP) is 2.43. The molecular weight excluding hydrogens is 226 g/mol. The number of ether oxygens (including phenoxy) is 1. The van der Waals surface area contributed by atoms with E-state index in [1.807, 2.05) is 24.8 Å². The van der Waals surface area contributed by atoms with Gasteiger partial charge >= 0.3 is 0 Å². The van der Waals surface area contributed by atoms with Gasteiger partial charge in [-0.2, -0.15) is 0 Å². The molecule has 0 spiro atoms. The van der Waals surface area contributed by atoms with Crippen LogP contribution in [0.15, 0.2) is 30.3 Å². The molecule has 98 valence electrons. The van der Waals surface area contributed by atoms with Crippen LogP contribution in [-0.4, -0.2) is 36.6 Å². The van der Waals surface area contributed by atoms with Gasteiger partial charge in [-0.1, -0.05) is 30.3 Å². The molecule has 0 aromatic heterocycles. The maximum Gasteiger partial charge on any atom is 0.248 e. The number of likely N-dealkylation sites (tertiary alicyclic amines) is 1. The second-order valence-electron chi connectivity index (χ2n) is 5.10. The van der Waals surface area contributed by atoms with Crippen LogP contribution < -0.4 is 0 Å². The van der Waals surface area contributed by atoms with Gasteiger partial charge in [-0.3, -0.25) is 4.79 Å². The van der Waals surface area contributed by atoms with E-state index >= 15 is 0 Å². The summed E-state index contributed by atoms with van der Waals surface area (Å²) in [5, 5.41) is 0. The summed E-state index contributed by atoms with van der Waals surface area (Å²) in [4.78, 5) is 13.8. The lowest BCUT2D eigenvalue weighted by atomic mass is 9.99. The molecule has 0 radical (unpaired) electrons. The minimum atomic E-state index is 0.112. The highest BCUT2D eigenvalue weighted by molar-refractivity contribution is 5.77. The Morgan fingerprint density at radius 1 is 1.39 bits per heavy atom. The first-order valence-corrected chi connectivity index (χ1v) is 6.61. The quantitative estimate of drug-likeness (QED) is 0.818. The molecular formula is C15H21NO2. The minimum Gasteiger partial charge on any atom is -0.369 e. The van der Waals surface area contributed by atoms with Gasteiger partial charge in [0.05, 0.1) is 6.10 Å². The van der Waals surface area contributed by atoms with E-state index in [1.165, 1.54) is 5.56 Å². The van der Waals surface area contributed by atoms with Crippen molar-refractivity contribution in [2.45, 2.75) is 32.3 Å². The molecule has 0 aliphatic carbocycles. The second kappa shape index (κ2) is 6.01. The van der Waals surface area contributed by atoms with Crippen LogP contribution in [0, 0.1) is 0 Å². The first-order chi connectivity index (χ1) is 8.66.